The molecule has 0 aromatic rings. The molecule has 11 heavy (non-hydrogen) atoms. The molecule has 0 aromatic carbocycles. The predicted octanol–water partition coefficient (Wildman–Crippen LogP) is 0.644. The zero-order valence-electron chi connectivity index (χ0n) is 6.40. The monoisotopic (exact) mass is 156 g/mol. The van der Waals surface area contributed by atoms with Crippen molar-refractivity contribution in [3.05, 3.63) is 12.2 Å². The number of carbonyl (C=O) groups is 1. The fourth-order valence-electron chi connectivity index (χ4n) is 1.26. The van der Waals surface area contributed by atoms with Gasteiger partial charge in [-0.1, -0.05) is 19.1 Å². The highest BCUT2D eigenvalue weighted by molar-refractivity contribution is 5.70. The van der Waals surface area contributed by atoms with E-state index in [0.29, 0.717) is 6.42 Å². The van der Waals surface area contributed by atoms with Crippen molar-refractivity contribution in [2.45, 2.75) is 19.4 Å². The van der Waals surface area contributed by atoms with Crippen LogP contribution in [0.2, 0.25) is 0 Å². The number of hydrogen-bond donors (Lipinski definition) is 2. The van der Waals surface area contributed by atoms with Crippen molar-refractivity contribution < 1.29 is 15.0 Å². The first-order valence-electron chi connectivity index (χ1n) is 3.70. The summed E-state index contributed by atoms with van der Waals surface area (Å²) in [5.74, 6) is -1.18. The molecule has 0 heterocycles. The zero-order valence-corrected chi connectivity index (χ0v) is 6.40. The molecule has 1 rings (SSSR count). The van der Waals surface area contributed by atoms with Crippen LogP contribution < -0.4 is 0 Å². The number of rotatable bonds is 2. The van der Waals surface area contributed by atoms with Crippen LogP contribution in [-0.2, 0) is 4.79 Å². The van der Waals surface area contributed by atoms with Crippen molar-refractivity contribution in [1.82, 2.24) is 0 Å². The summed E-state index contributed by atoms with van der Waals surface area (Å²) in [6.07, 6.45) is 3.54. The van der Waals surface area contributed by atoms with Gasteiger partial charge in [0.1, 0.15) is 0 Å². The van der Waals surface area contributed by atoms with E-state index in [1.807, 2.05) is 0 Å². The number of hydrogen-bond acceptors (Lipinski definition) is 2. The maximum absolute atomic E-state index is 10.5. The van der Waals surface area contributed by atoms with Gasteiger partial charge in [0.25, 0.3) is 0 Å². The van der Waals surface area contributed by atoms with Crippen molar-refractivity contribution in [1.29, 1.82) is 0 Å². The minimum absolute atomic E-state index is 0.00231. The third-order valence-electron chi connectivity index (χ3n) is 2.13. The van der Waals surface area contributed by atoms with Gasteiger partial charge in [0, 0.05) is 0 Å². The normalized spacial score (nSPS) is 32.2. The molecule has 0 aromatic heterocycles. The lowest BCUT2D eigenvalue weighted by atomic mass is 9.93. The Kier molecular flexibility index (Phi) is 2.29. The largest absolute Gasteiger partial charge is 0.481 e. The van der Waals surface area contributed by atoms with E-state index in [2.05, 4.69) is 0 Å². The molecule has 0 amide bonds. The number of aliphatic hydroxyl groups excluding tert-OH is 1. The van der Waals surface area contributed by atoms with Crippen LogP contribution in [0.15, 0.2) is 12.2 Å². The number of aliphatic carboxylic acids is 1. The van der Waals surface area contributed by atoms with Crippen molar-refractivity contribution in [2.75, 3.05) is 0 Å². The second-order valence-electron chi connectivity index (χ2n) is 2.98. The first-order chi connectivity index (χ1) is 5.11. The van der Waals surface area contributed by atoms with Gasteiger partial charge < -0.3 is 10.2 Å². The van der Waals surface area contributed by atoms with Crippen LogP contribution >= 0.6 is 0 Å². The molecule has 3 atom stereocenters. The van der Waals surface area contributed by atoms with Crippen molar-refractivity contribution in [3.63, 3.8) is 0 Å². The summed E-state index contributed by atoms with van der Waals surface area (Å²) in [7, 11) is 0. The van der Waals surface area contributed by atoms with Crippen molar-refractivity contribution in [2.24, 2.45) is 11.8 Å². The Bertz CT molecular complexity index is 186. The molecule has 0 fully saturated rings. The third kappa shape index (κ3) is 1.80. The van der Waals surface area contributed by atoms with Crippen LogP contribution in [0.4, 0.5) is 0 Å². The summed E-state index contributed by atoms with van der Waals surface area (Å²) >= 11 is 0. The average Bonchev–Trinajstić information content (AvgIpc) is 2.34. The first-order valence-corrected chi connectivity index (χ1v) is 3.70. The molecular weight excluding hydrogens is 144 g/mol. The molecule has 2 N–H and O–H groups in total. The fourth-order valence-corrected chi connectivity index (χ4v) is 1.26. The van der Waals surface area contributed by atoms with E-state index in [9.17, 15) is 4.79 Å². The van der Waals surface area contributed by atoms with E-state index in [1.54, 1.807) is 19.1 Å². The lowest BCUT2D eigenvalue weighted by Crippen LogP contribution is -2.19. The SMILES string of the molecule is CC(C(=O)O)[C@@H]1C=C[C@@H](O)C1. The van der Waals surface area contributed by atoms with E-state index < -0.39 is 12.1 Å². The molecular formula is C8H12O3. The number of allylic oxidation sites excluding steroid dienone is 1. The molecule has 1 aliphatic carbocycles. The van der Waals surface area contributed by atoms with Crippen LogP contribution in [0.1, 0.15) is 13.3 Å². The Balaban J connectivity index is 2.51. The van der Waals surface area contributed by atoms with E-state index in [1.165, 1.54) is 0 Å². The molecule has 1 unspecified atom stereocenters. The molecule has 0 saturated heterocycles. The van der Waals surface area contributed by atoms with Crippen LogP contribution in [-0.4, -0.2) is 22.3 Å². The summed E-state index contributed by atoms with van der Waals surface area (Å²) in [5.41, 5.74) is 0. The number of carboxylic acid groups (broad SMARTS) is 1. The highest BCUT2D eigenvalue weighted by Gasteiger charge is 2.26. The van der Waals surface area contributed by atoms with Crippen LogP contribution in [0, 0.1) is 11.8 Å². The summed E-state index contributed by atoms with van der Waals surface area (Å²) < 4.78 is 0. The predicted molar refractivity (Wildman–Crippen MR) is 40.1 cm³/mol. The van der Waals surface area contributed by atoms with E-state index in [-0.39, 0.29) is 11.8 Å². The number of aliphatic hydroxyl groups is 1. The number of carboxylic acids is 1. The van der Waals surface area contributed by atoms with Crippen LogP contribution in [0.3, 0.4) is 0 Å². The Hall–Kier alpha value is -0.830. The van der Waals surface area contributed by atoms with Gasteiger partial charge in [-0.3, -0.25) is 4.79 Å². The van der Waals surface area contributed by atoms with Crippen molar-refractivity contribution >= 4 is 5.97 Å². The van der Waals surface area contributed by atoms with Gasteiger partial charge >= 0.3 is 5.97 Å². The molecule has 0 aliphatic heterocycles. The molecule has 3 nitrogen and oxygen atoms in total. The molecule has 1 aliphatic rings. The van der Waals surface area contributed by atoms with E-state index >= 15 is 0 Å². The lowest BCUT2D eigenvalue weighted by molar-refractivity contribution is -0.142. The van der Waals surface area contributed by atoms with E-state index in [4.69, 9.17) is 10.2 Å². The summed E-state index contributed by atoms with van der Waals surface area (Å²) in [6, 6.07) is 0. The maximum atomic E-state index is 10.5. The molecule has 3 heteroatoms. The fraction of sp³-hybridized carbons (Fsp3) is 0.625. The second-order valence-corrected chi connectivity index (χ2v) is 2.98. The van der Waals surface area contributed by atoms with Gasteiger partial charge in [-0.25, -0.2) is 0 Å². The van der Waals surface area contributed by atoms with Gasteiger partial charge in [0.2, 0.25) is 0 Å². The highest BCUT2D eigenvalue weighted by Crippen LogP contribution is 2.25. The van der Waals surface area contributed by atoms with Gasteiger partial charge in [0.15, 0.2) is 0 Å². The quantitative estimate of drug-likeness (QED) is 0.577. The smallest absolute Gasteiger partial charge is 0.306 e. The van der Waals surface area contributed by atoms with Crippen molar-refractivity contribution in [3.8, 4) is 0 Å². The minimum atomic E-state index is -0.797. The summed E-state index contributed by atoms with van der Waals surface area (Å²) in [5, 5.41) is 17.7. The maximum Gasteiger partial charge on any atom is 0.306 e. The molecule has 0 saturated carbocycles. The van der Waals surface area contributed by atoms with E-state index in [0.717, 1.165) is 0 Å². The first kappa shape index (κ1) is 8.27. The van der Waals surface area contributed by atoms with Gasteiger partial charge in [-0.2, -0.15) is 0 Å². The topological polar surface area (TPSA) is 57.5 Å². The Morgan fingerprint density at radius 3 is 2.64 bits per heavy atom. The third-order valence-corrected chi connectivity index (χ3v) is 2.13. The van der Waals surface area contributed by atoms with Crippen LogP contribution in [0.5, 0.6) is 0 Å². The molecule has 62 valence electrons. The Labute approximate surface area is 65.3 Å². The summed E-state index contributed by atoms with van der Waals surface area (Å²) in [6.45, 7) is 1.66. The molecule has 0 radical (unpaired) electrons. The van der Waals surface area contributed by atoms with Crippen LogP contribution in [0.25, 0.3) is 0 Å². The Morgan fingerprint density at radius 2 is 2.27 bits per heavy atom. The lowest BCUT2D eigenvalue weighted by Gasteiger charge is -2.12. The molecule has 0 spiro atoms. The van der Waals surface area contributed by atoms with Gasteiger partial charge in [0.05, 0.1) is 12.0 Å². The molecule has 0 bridgehead atoms. The second kappa shape index (κ2) is 3.05. The summed E-state index contributed by atoms with van der Waals surface area (Å²) in [4.78, 5) is 10.5. The highest BCUT2D eigenvalue weighted by atomic mass is 16.4. The Morgan fingerprint density at radius 1 is 1.64 bits per heavy atom. The average molecular weight is 156 g/mol. The zero-order chi connectivity index (χ0) is 8.43. The van der Waals surface area contributed by atoms with Gasteiger partial charge in [-0.15, -0.1) is 0 Å². The standard InChI is InChI=1S/C8H12O3/c1-5(8(10)11)6-2-3-7(9)4-6/h2-3,5-7,9H,4H2,1H3,(H,10,11)/t5?,6-,7-/m1/s1. The minimum Gasteiger partial charge on any atom is -0.481 e. The van der Waals surface area contributed by atoms with Gasteiger partial charge in [-0.05, 0) is 12.3 Å².